The zero-order valence-corrected chi connectivity index (χ0v) is 24.1. The molecular weight excluding hydrogens is 536 g/mol. The van der Waals surface area contributed by atoms with Crippen LogP contribution in [0.25, 0.3) is 0 Å². The number of hydrogen-bond donors (Lipinski definition) is 1. The van der Waals surface area contributed by atoms with E-state index in [1.54, 1.807) is 55.5 Å². The molecule has 11 nitrogen and oxygen atoms in total. The van der Waals surface area contributed by atoms with E-state index in [0.29, 0.717) is 48.0 Å². The van der Waals surface area contributed by atoms with E-state index in [1.807, 2.05) is 6.92 Å². The van der Waals surface area contributed by atoms with Crippen molar-refractivity contribution < 1.29 is 32.2 Å². The fourth-order valence-corrected chi connectivity index (χ4v) is 6.43. The molecule has 0 bridgehead atoms. The maximum atomic E-state index is 13.4. The highest BCUT2D eigenvalue weighted by Crippen LogP contribution is 2.35. The number of nitrogens with one attached hydrogen (secondary N) is 1. The van der Waals surface area contributed by atoms with E-state index in [9.17, 15) is 18.0 Å². The molecule has 2 amide bonds. The average Bonchev–Trinajstić information content (AvgIpc) is 2.97. The van der Waals surface area contributed by atoms with E-state index in [2.05, 4.69) is 10.2 Å². The maximum Gasteiger partial charge on any atom is 0.338 e. The number of rotatable bonds is 10. The SMILES string of the molecule is CCOC(=O)C1=C(CN2CCN(S(=O)(=O)c3ccccc3)CC2)N(CC)C(=O)NC1c1cc(OC)cc(OC)c1. The van der Waals surface area contributed by atoms with Crippen LogP contribution in [0.2, 0.25) is 0 Å². The van der Waals surface area contributed by atoms with Gasteiger partial charge in [-0.25, -0.2) is 18.0 Å². The summed E-state index contributed by atoms with van der Waals surface area (Å²) in [4.78, 5) is 30.6. The topological polar surface area (TPSA) is 118 Å². The lowest BCUT2D eigenvalue weighted by Crippen LogP contribution is -2.53. The van der Waals surface area contributed by atoms with E-state index in [4.69, 9.17) is 14.2 Å². The first kappa shape index (κ1) is 29.4. The van der Waals surface area contributed by atoms with Crippen LogP contribution < -0.4 is 14.8 Å². The number of methoxy groups -OCH3 is 2. The van der Waals surface area contributed by atoms with Gasteiger partial charge in [0.25, 0.3) is 0 Å². The van der Waals surface area contributed by atoms with Gasteiger partial charge in [-0.1, -0.05) is 18.2 Å². The zero-order chi connectivity index (χ0) is 28.9. The van der Waals surface area contributed by atoms with E-state index in [0.717, 1.165) is 0 Å². The van der Waals surface area contributed by atoms with Gasteiger partial charge in [-0.3, -0.25) is 9.80 Å². The minimum absolute atomic E-state index is 0.167. The van der Waals surface area contributed by atoms with Crippen molar-refractivity contribution in [2.45, 2.75) is 24.8 Å². The second-order valence-electron chi connectivity index (χ2n) is 9.35. The summed E-state index contributed by atoms with van der Waals surface area (Å²) in [6.45, 7) is 5.77. The lowest BCUT2D eigenvalue weighted by Gasteiger charge is -2.40. The maximum absolute atomic E-state index is 13.4. The van der Waals surface area contributed by atoms with Gasteiger partial charge in [0.05, 0.1) is 37.3 Å². The molecule has 0 radical (unpaired) electrons. The van der Waals surface area contributed by atoms with E-state index in [-0.39, 0.29) is 37.2 Å². The first-order valence-electron chi connectivity index (χ1n) is 13.2. The second-order valence-corrected chi connectivity index (χ2v) is 11.3. The van der Waals surface area contributed by atoms with Gasteiger partial charge >= 0.3 is 12.0 Å². The van der Waals surface area contributed by atoms with Gasteiger partial charge in [0.1, 0.15) is 11.5 Å². The number of nitrogens with zero attached hydrogens (tertiary/aromatic N) is 3. The van der Waals surface area contributed by atoms with Crippen molar-refractivity contribution in [3.63, 3.8) is 0 Å². The highest BCUT2D eigenvalue weighted by Gasteiger charge is 2.39. The molecule has 2 aromatic rings. The van der Waals surface area contributed by atoms with Crippen LogP contribution in [0.5, 0.6) is 11.5 Å². The molecule has 216 valence electrons. The quantitative estimate of drug-likeness (QED) is 0.432. The number of carbonyl (C=O) groups excluding carboxylic acids is 2. The Morgan fingerprint density at radius 1 is 0.975 bits per heavy atom. The number of esters is 1. The van der Waals surface area contributed by atoms with Gasteiger partial charge in [0.15, 0.2) is 0 Å². The van der Waals surface area contributed by atoms with Crippen molar-refractivity contribution in [1.29, 1.82) is 0 Å². The van der Waals surface area contributed by atoms with Gasteiger partial charge < -0.3 is 19.5 Å². The van der Waals surface area contributed by atoms with Crippen molar-refractivity contribution >= 4 is 22.0 Å². The fourth-order valence-electron chi connectivity index (χ4n) is 4.99. The molecule has 0 aliphatic carbocycles. The number of urea groups is 1. The number of ether oxygens (including phenoxy) is 3. The lowest BCUT2D eigenvalue weighted by atomic mass is 9.93. The summed E-state index contributed by atoms with van der Waals surface area (Å²) in [6.07, 6.45) is 0. The Balaban J connectivity index is 1.67. The number of hydrogen-bond acceptors (Lipinski definition) is 8. The molecule has 1 atom stereocenters. The molecule has 12 heteroatoms. The highest BCUT2D eigenvalue weighted by atomic mass is 32.2. The number of likely N-dealkylation sites (N-methyl/N-ethyl adjacent to an activating group) is 1. The van der Waals surface area contributed by atoms with Gasteiger partial charge in [-0.15, -0.1) is 0 Å². The number of sulfonamides is 1. The fraction of sp³-hybridized carbons (Fsp3) is 0.429. The van der Waals surface area contributed by atoms with Gasteiger partial charge in [-0.2, -0.15) is 4.31 Å². The Bertz CT molecular complexity index is 1330. The van der Waals surface area contributed by atoms with Crippen molar-refractivity contribution in [2.24, 2.45) is 0 Å². The largest absolute Gasteiger partial charge is 0.497 e. The van der Waals surface area contributed by atoms with E-state index in [1.165, 1.54) is 23.4 Å². The average molecular weight is 573 g/mol. The number of carbonyl (C=O) groups is 2. The van der Waals surface area contributed by atoms with Crippen LogP contribution >= 0.6 is 0 Å². The van der Waals surface area contributed by atoms with Crippen LogP contribution in [0.4, 0.5) is 4.79 Å². The smallest absolute Gasteiger partial charge is 0.338 e. The molecule has 1 fully saturated rings. The molecule has 2 aromatic carbocycles. The summed E-state index contributed by atoms with van der Waals surface area (Å²) in [7, 11) is -0.551. The Hall–Kier alpha value is -3.61. The third-order valence-electron chi connectivity index (χ3n) is 7.04. The molecule has 0 aromatic heterocycles. The minimum Gasteiger partial charge on any atom is -0.497 e. The van der Waals surface area contributed by atoms with Crippen molar-refractivity contribution in [2.75, 3.05) is 60.1 Å². The normalized spacial score (nSPS) is 18.9. The van der Waals surface area contributed by atoms with Crippen LogP contribution in [-0.2, 0) is 19.6 Å². The summed E-state index contributed by atoms with van der Waals surface area (Å²) in [5.74, 6) is 0.497. The number of amides is 2. The van der Waals surface area contributed by atoms with Crippen molar-refractivity contribution in [1.82, 2.24) is 19.4 Å². The van der Waals surface area contributed by atoms with Crippen LogP contribution in [-0.4, -0.2) is 94.6 Å². The molecule has 0 saturated carbocycles. The molecule has 2 aliphatic heterocycles. The van der Waals surface area contributed by atoms with Crippen LogP contribution in [0.15, 0.2) is 64.7 Å². The highest BCUT2D eigenvalue weighted by molar-refractivity contribution is 7.89. The molecule has 40 heavy (non-hydrogen) atoms. The predicted octanol–water partition coefficient (Wildman–Crippen LogP) is 2.61. The van der Waals surface area contributed by atoms with Crippen LogP contribution in [0.3, 0.4) is 0 Å². The Morgan fingerprint density at radius 3 is 2.15 bits per heavy atom. The second kappa shape index (κ2) is 12.7. The molecule has 2 aliphatic rings. The summed E-state index contributed by atoms with van der Waals surface area (Å²) in [5, 5.41) is 2.95. The molecule has 1 saturated heterocycles. The Kier molecular flexibility index (Phi) is 9.33. The van der Waals surface area contributed by atoms with Crippen LogP contribution in [0, 0.1) is 0 Å². The monoisotopic (exact) mass is 572 g/mol. The third kappa shape index (κ3) is 6.08. The van der Waals surface area contributed by atoms with Crippen molar-refractivity contribution in [3.05, 3.63) is 65.4 Å². The number of piperazine rings is 1. The summed E-state index contributed by atoms with van der Waals surface area (Å²) in [5.41, 5.74) is 1.45. The number of benzene rings is 2. The molecule has 2 heterocycles. The van der Waals surface area contributed by atoms with Gasteiger partial charge in [-0.05, 0) is 43.7 Å². The van der Waals surface area contributed by atoms with Crippen molar-refractivity contribution in [3.8, 4) is 11.5 Å². The minimum atomic E-state index is -3.61. The molecule has 1 unspecified atom stereocenters. The summed E-state index contributed by atoms with van der Waals surface area (Å²) >= 11 is 0. The Morgan fingerprint density at radius 2 is 1.60 bits per heavy atom. The predicted molar refractivity (Wildman–Crippen MR) is 148 cm³/mol. The molecule has 0 spiro atoms. The summed E-state index contributed by atoms with van der Waals surface area (Å²) < 4.78 is 44.0. The van der Waals surface area contributed by atoms with Gasteiger partial charge in [0.2, 0.25) is 10.0 Å². The van der Waals surface area contributed by atoms with E-state index < -0.39 is 22.0 Å². The lowest BCUT2D eigenvalue weighted by molar-refractivity contribution is -0.139. The van der Waals surface area contributed by atoms with Crippen LogP contribution in [0.1, 0.15) is 25.5 Å². The van der Waals surface area contributed by atoms with Gasteiger partial charge in [0, 0.05) is 51.0 Å². The van der Waals surface area contributed by atoms with E-state index >= 15 is 0 Å². The standard InChI is InChI=1S/C28H36N4O7S/c1-5-32-24(19-30-12-14-31(15-13-30)40(35,36)23-10-8-7-9-11-23)25(27(33)39-6-2)26(29-28(32)34)20-16-21(37-3)18-22(17-20)38-4/h7-11,16-18,26H,5-6,12-15,19H2,1-4H3,(H,29,34). The molecule has 1 N–H and O–H groups in total. The first-order chi connectivity index (χ1) is 19.2. The first-order valence-corrected chi connectivity index (χ1v) is 14.7. The summed E-state index contributed by atoms with van der Waals surface area (Å²) in [6, 6.07) is 12.4. The Labute approximate surface area is 235 Å². The third-order valence-corrected chi connectivity index (χ3v) is 8.96. The molecular formula is C28H36N4O7S. The zero-order valence-electron chi connectivity index (χ0n) is 23.3. The molecule has 4 rings (SSSR count).